The molecule has 0 radical (unpaired) electrons. The van der Waals surface area contributed by atoms with Gasteiger partial charge in [0.2, 0.25) is 0 Å². The third-order valence-corrected chi connectivity index (χ3v) is 3.95. The van der Waals surface area contributed by atoms with Crippen molar-refractivity contribution in [1.29, 1.82) is 0 Å². The van der Waals surface area contributed by atoms with Crippen LogP contribution >= 0.6 is 11.3 Å². The second-order valence-electron chi connectivity index (χ2n) is 4.41. The molecule has 0 saturated heterocycles. The Hall–Kier alpha value is -0.940. The zero-order chi connectivity index (χ0) is 12.3. The van der Waals surface area contributed by atoms with Crippen molar-refractivity contribution in [2.24, 2.45) is 0 Å². The highest BCUT2D eigenvalue weighted by Crippen LogP contribution is 2.26. The highest BCUT2D eigenvalue weighted by molar-refractivity contribution is 7.09. The molecule has 0 spiro atoms. The molecule has 1 N–H and O–H groups in total. The SMILES string of the molecule is Cc1nc(C(=O)N(CCCO)C2CCC2)cs1. The molecule has 17 heavy (non-hydrogen) atoms. The van der Waals surface area contributed by atoms with Gasteiger partial charge in [-0.2, -0.15) is 0 Å². The van der Waals surface area contributed by atoms with Crippen LogP contribution in [-0.4, -0.2) is 40.1 Å². The molecule has 0 aromatic carbocycles. The fourth-order valence-corrected chi connectivity index (χ4v) is 2.58. The molecule has 5 heteroatoms. The van der Waals surface area contributed by atoms with Gasteiger partial charge < -0.3 is 10.0 Å². The summed E-state index contributed by atoms with van der Waals surface area (Å²) in [7, 11) is 0. The van der Waals surface area contributed by atoms with Crippen molar-refractivity contribution >= 4 is 17.2 Å². The highest BCUT2D eigenvalue weighted by Gasteiger charge is 2.29. The van der Waals surface area contributed by atoms with E-state index < -0.39 is 0 Å². The molecule has 1 aliphatic rings. The van der Waals surface area contributed by atoms with E-state index in [1.807, 2.05) is 17.2 Å². The minimum atomic E-state index is 0.0208. The van der Waals surface area contributed by atoms with Crippen LogP contribution in [0.5, 0.6) is 0 Å². The van der Waals surface area contributed by atoms with Crippen LogP contribution in [0.25, 0.3) is 0 Å². The summed E-state index contributed by atoms with van der Waals surface area (Å²) in [5.41, 5.74) is 0.553. The van der Waals surface area contributed by atoms with Gasteiger partial charge in [0.15, 0.2) is 0 Å². The molecule has 1 saturated carbocycles. The van der Waals surface area contributed by atoms with Crippen molar-refractivity contribution in [1.82, 2.24) is 9.88 Å². The number of hydrogen-bond acceptors (Lipinski definition) is 4. The molecule has 94 valence electrons. The zero-order valence-electron chi connectivity index (χ0n) is 10.1. The van der Waals surface area contributed by atoms with Crippen LogP contribution < -0.4 is 0 Å². The number of carbonyl (C=O) groups excluding carboxylic acids is 1. The van der Waals surface area contributed by atoms with Crippen molar-refractivity contribution in [3.05, 3.63) is 16.1 Å². The molecule has 1 heterocycles. The molecule has 4 nitrogen and oxygen atoms in total. The summed E-state index contributed by atoms with van der Waals surface area (Å²) in [4.78, 5) is 18.4. The Bertz CT molecular complexity index is 388. The van der Waals surface area contributed by atoms with Crippen LogP contribution in [0, 0.1) is 6.92 Å². The first-order valence-electron chi connectivity index (χ1n) is 6.06. The topological polar surface area (TPSA) is 53.4 Å². The van der Waals surface area contributed by atoms with E-state index in [9.17, 15) is 4.79 Å². The van der Waals surface area contributed by atoms with Gasteiger partial charge in [-0.05, 0) is 32.6 Å². The lowest BCUT2D eigenvalue weighted by Crippen LogP contribution is -2.45. The van der Waals surface area contributed by atoms with Gasteiger partial charge in [0.05, 0.1) is 5.01 Å². The lowest BCUT2D eigenvalue weighted by Gasteiger charge is -2.37. The largest absolute Gasteiger partial charge is 0.396 e. The molecular weight excluding hydrogens is 236 g/mol. The molecule has 1 aliphatic carbocycles. The van der Waals surface area contributed by atoms with Crippen LogP contribution in [0.1, 0.15) is 41.2 Å². The van der Waals surface area contributed by atoms with Gasteiger partial charge in [0, 0.05) is 24.6 Å². The van der Waals surface area contributed by atoms with Gasteiger partial charge in [0.1, 0.15) is 5.69 Å². The second kappa shape index (κ2) is 5.60. The summed E-state index contributed by atoms with van der Waals surface area (Å²) in [6.07, 6.45) is 4.01. The maximum absolute atomic E-state index is 12.3. The molecule has 0 bridgehead atoms. The summed E-state index contributed by atoms with van der Waals surface area (Å²) in [5.74, 6) is 0.0208. The average molecular weight is 254 g/mol. The van der Waals surface area contributed by atoms with Gasteiger partial charge in [0.25, 0.3) is 5.91 Å². The molecular formula is C12H18N2O2S. The normalized spacial score (nSPS) is 15.6. The smallest absolute Gasteiger partial charge is 0.273 e. The van der Waals surface area contributed by atoms with Crippen molar-refractivity contribution in [2.75, 3.05) is 13.2 Å². The van der Waals surface area contributed by atoms with Crippen molar-refractivity contribution in [3.8, 4) is 0 Å². The van der Waals surface area contributed by atoms with Crippen LogP contribution in [0.4, 0.5) is 0 Å². The second-order valence-corrected chi connectivity index (χ2v) is 5.47. The number of rotatable bonds is 5. The molecule has 0 aliphatic heterocycles. The predicted molar refractivity (Wildman–Crippen MR) is 67.2 cm³/mol. The first-order valence-corrected chi connectivity index (χ1v) is 6.94. The standard InChI is InChI=1S/C12H18N2O2S/c1-9-13-11(8-17-9)12(16)14(6-3-7-15)10-4-2-5-10/h8,10,15H,2-7H2,1H3. The summed E-state index contributed by atoms with van der Waals surface area (Å²) < 4.78 is 0. The Morgan fingerprint density at radius 2 is 2.41 bits per heavy atom. The van der Waals surface area contributed by atoms with E-state index in [-0.39, 0.29) is 12.5 Å². The number of nitrogens with zero attached hydrogens (tertiary/aromatic N) is 2. The number of aryl methyl sites for hydroxylation is 1. The Kier molecular flexibility index (Phi) is 4.12. The summed E-state index contributed by atoms with van der Waals surface area (Å²) in [5, 5.41) is 11.6. The predicted octanol–water partition coefficient (Wildman–Crippen LogP) is 1.83. The minimum Gasteiger partial charge on any atom is -0.396 e. The maximum Gasteiger partial charge on any atom is 0.273 e. The number of amides is 1. The molecule has 1 amide bonds. The van der Waals surface area contributed by atoms with Gasteiger partial charge in [-0.1, -0.05) is 0 Å². The number of thiazole rings is 1. The van der Waals surface area contributed by atoms with Crippen LogP contribution in [0.15, 0.2) is 5.38 Å². The van der Waals surface area contributed by atoms with Crippen molar-refractivity contribution in [3.63, 3.8) is 0 Å². The number of aliphatic hydroxyl groups excluding tert-OH is 1. The number of hydrogen-bond donors (Lipinski definition) is 1. The Morgan fingerprint density at radius 3 is 2.88 bits per heavy atom. The lowest BCUT2D eigenvalue weighted by molar-refractivity contribution is 0.0557. The van der Waals surface area contributed by atoms with E-state index in [0.29, 0.717) is 24.7 Å². The third kappa shape index (κ3) is 2.84. The first-order chi connectivity index (χ1) is 8.22. The summed E-state index contributed by atoms with van der Waals surface area (Å²) in [6.45, 7) is 2.67. The molecule has 1 aromatic rings. The van der Waals surface area contributed by atoms with E-state index >= 15 is 0 Å². The van der Waals surface area contributed by atoms with Gasteiger partial charge in [-0.15, -0.1) is 11.3 Å². The van der Waals surface area contributed by atoms with Gasteiger partial charge in [-0.25, -0.2) is 4.98 Å². The average Bonchev–Trinajstić information content (AvgIpc) is 2.67. The van der Waals surface area contributed by atoms with Crippen molar-refractivity contribution in [2.45, 2.75) is 38.6 Å². The minimum absolute atomic E-state index is 0.0208. The van der Waals surface area contributed by atoms with Crippen LogP contribution in [0.3, 0.4) is 0 Å². The third-order valence-electron chi connectivity index (χ3n) is 3.17. The van der Waals surface area contributed by atoms with E-state index in [4.69, 9.17) is 5.11 Å². The fraction of sp³-hybridized carbons (Fsp3) is 0.667. The summed E-state index contributed by atoms with van der Waals surface area (Å²) >= 11 is 1.50. The highest BCUT2D eigenvalue weighted by atomic mass is 32.1. The van der Waals surface area contributed by atoms with Gasteiger partial charge >= 0.3 is 0 Å². The molecule has 0 atom stereocenters. The lowest BCUT2D eigenvalue weighted by atomic mass is 9.91. The van der Waals surface area contributed by atoms with E-state index in [1.54, 1.807) is 0 Å². The van der Waals surface area contributed by atoms with E-state index in [0.717, 1.165) is 17.8 Å². The van der Waals surface area contributed by atoms with E-state index in [1.165, 1.54) is 17.8 Å². The Balaban J connectivity index is 2.06. The molecule has 2 rings (SSSR count). The fourth-order valence-electron chi connectivity index (χ4n) is 2.00. The molecule has 0 unspecified atom stereocenters. The van der Waals surface area contributed by atoms with Crippen LogP contribution in [0.2, 0.25) is 0 Å². The van der Waals surface area contributed by atoms with E-state index in [2.05, 4.69) is 4.98 Å². The molecule has 1 fully saturated rings. The zero-order valence-corrected chi connectivity index (χ0v) is 10.9. The van der Waals surface area contributed by atoms with Crippen molar-refractivity contribution < 1.29 is 9.90 Å². The van der Waals surface area contributed by atoms with Crippen LogP contribution in [-0.2, 0) is 0 Å². The van der Waals surface area contributed by atoms with Gasteiger partial charge in [-0.3, -0.25) is 4.79 Å². The first kappa shape index (κ1) is 12.5. The quantitative estimate of drug-likeness (QED) is 0.872. The maximum atomic E-state index is 12.3. The molecule has 1 aromatic heterocycles. The number of aliphatic hydroxyl groups is 1. The number of aromatic nitrogens is 1. The monoisotopic (exact) mass is 254 g/mol. The number of carbonyl (C=O) groups is 1. The Morgan fingerprint density at radius 1 is 1.65 bits per heavy atom. The summed E-state index contributed by atoms with van der Waals surface area (Å²) in [6, 6.07) is 0.357. The Labute approximate surface area is 105 Å².